The van der Waals surface area contributed by atoms with E-state index in [1.54, 1.807) is 7.11 Å². The molecule has 1 aromatic rings. The first-order valence-electron chi connectivity index (χ1n) is 5.63. The molecule has 0 radical (unpaired) electrons. The first-order chi connectivity index (χ1) is 8.36. The highest BCUT2D eigenvalue weighted by Crippen LogP contribution is 2.12. The van der Waals surface area contributed by atoms with Crippen LogP contribution in [0.2, 0.25) is 0 Å². The molecule has 0 spiro atoms. The Morgan fingerprint density at radius 2 is 1.82 bits per heavy atom. The Balaban J connectivity index is 2.30. The molecule has 0 atom stereocenters. The fourth-order valence-electron chi connectivity index (χ4n) is 1.31. The molecule has 0 saturated carbocycles. The van der Waals surface area contributed by atoms with Crippen molar-refractivity contribution in [3.63, 3.8) is 0 Å². The molecule has 92 valence electrons. The van der Waals surface area contributed by atoms with Gasteiger partial charge in [-0.2, -0.15) is 0 Å². The molecule has 0 aliphatic carbocycles. The van der Waals surface area contributed by atoms with Gasteiger partial charge < -0.3 is 9.47 Å². The van der Waals surface area contributed by atoms with Crippen LogP contribution in [0.1, 0.15) is 18.4 Å². The van der Waals surface area contributed by atoms with Gasteiger partial charge in [-0.15, -0.1) is 11.6 Å². The van der Waals surface area contributed by atoms with Gasteiger partial charge >= 0.3 is 0 Å². The quantitative estimate of drug-likeness (QED) is 0.440. The van der Waals surface area contributed by atoms with Crippen molar-refractivity contribution in [2.75, 3.05) is 26.2 Å². The Bertz CT molecular complexity index is 362. The van der Waals surface area contributed by atoms with Crippen molar-refractivity contribution in [1.29, 1.82) is 0 Å². The molecule has 0 aromatic heterocycles. The Morgan fingerprint density at radius 3 is 2.47 bits per heavy atom. The van der Waals surface area contributed by atoms with Crippen LogP contribution in [-0.2, 0) is 4.74 Å². The molecule has 17 heavy (non-hydrogen) atoms. The van der Waals surface area contributed by atoms with Gasteiger partial charge in [0.15, 0.2) is 0 Å². The van der Waals surface area contributed by atoms with Crippen LogP contribution in [0.4, 0.5) is 0 Å². The van der Waals surface area contributed by atoms with Gasteiger partial charge in [-0.1, -0.05) is 11.8 Å². The predicted octanol–water partition coefficient (Wildman–Crippen LogP) is 3.08. The molecule has 0 heterocycles. The average Bonchev–Trinajstić information content (AvgIpc) is 2.37. The molecule has 0 saturated heterocycles. The molecular formula is C14H17ClO2. The SMILES string of the molecule is COCCCCOc1ccc(C#CCCl)cc1. The van der Waals surface area contributed by atoms with E-state index in [2.05, 4.69) is 11.8 Å². The predicted molar refractivity (Wildman–Crippen MR) is 70.6 cm³/mol. The van der Waals surface area contributed by atoms with Crippen LogP contribution in [0, 0.1) is 11.8 Å². The van der Waals surface area contributed by atoms with Crippen molar-refractivity contribution in [2.45, 2.75) is 12.8 Å². The third-order valence-electron chi connectivity index (χ3n) is 2.17. The number of rotatable bonds is 6. The van der Waals surface area contributed by atoms with Crippen LogP contribution in [0.3, 0.4) is 0 Å². The molecule has 0 fully saturated rings. The van der Waals surface area contributed by atoms with Gasteiger partial charge in [0.05, 0.1) is 12.5 Å². The second-order valence-corrected chi connectivity index (χ2v) is 3.78. The summed E-state index contributed by atoms with van der Waals surface area (Å²) in [6, 6.07) is 7.72. The van der Waals surface area contributed by atoms with Gasteiger partial charge in [-0.3, -0.25) is 0 Å². The van der Waals surface area contributed by atoms with Crippen molar-refractivity contribution in [1.82, 2.24) is 0 Å². The van der Waals surface area contributed by atoms with Crippen LogP contribution >= 0.6 is 11.6 Å². The molecule has 0 unspecified atom stereocenters. The number of hydrogen-bond donors (Lipinski definition) is 0. The molecule has 0 N–H and O–H groups in total. The van der Waals surface area contributed by atoms with Crippen LogP contribution in [0.5, 0.6) is 5.75 Å². The van der Waals surface area contributed by atoms with Gasteiger partial charge in [-0.05, 0) is 37.1 Å². The Hall–Kier alpha value is -1.17. The van der Waals surface area contributed by atoms with Crippen LogP contribution in [0.15, 0.2) is 24.3 Å². The zero-order chi connectivity index (χ0) is 12.3. The third kappa shape index (κ3) is 6.21. The van der Waals surface area contributed by atoms with E-state index < -0.39 is 0 Å². The van der Waals surface area contributed by atoms with Gasteiger partial charge in [0, 0.05) is 19.3 Å². The highest BCUT2D eigenvalue weighted by Gasteiger charge is 1.94. The lowest BCUT2D eigenvalue weighted by Gasteiger charge is -2.05. The van der Waals surface area contributed by atoms with Gasteiger partial charge in [0.25, 0.3) is 0 Å². The number of halogens is 1. The summed E-state index contributed by atoms with van der Waals surface area (Å²) in [5.74, 6) is 7.00. The standard InChI is InChI=1S/C14H17ClO2/c1-16-11-2-3-12-17-14-8-6-13(7-9-14)5-4-10-15/h6-9H,2-3,10-12H2,1H3. The summed E-state index contributed by atoms with van der Waals surface area (Å²) in [7, 11) is 1.71. The molecule has 0 amide bonds. The third-order valence-corrected chi connectivity index (χ3v) is 2.30. The van der Waals surface area contributed by atoms with Gasteiger partial charge in [0.2, 0.25) is 0 Å². The highest BCUT2D eigenvalue weighted by molar-refractivity contribution is 6.19. The smallest absolute Gasteiger partial charge is 0.119 e. The van der Waals surface area contributed by atoms with Crippen molar-refractivity contribution in [3.8, 4) is 17.6 Å². The molecule has 1 rings (SSSR count). The van der Waals surface area contributed by atoms with E-state index in [1.807, 2.05) is 24.3 Å². The first kappa shape index (κ1) is 13.9. The summed E-state index contributed by atoms with van der Waals surface area (Å²) < 4.78 is 10.5. The maximum atomic E-state index is 5.58. The fraction of sp³-hybridized carbons (Fsp3) is 0.429. The second-order valence-electron chi connectivity index (χ2n) is 3.51. The number of alkyl halides is 1. The first-order valence-corrected chi connectivity index (χ1v) is 6.17. The lowest BCUT2D eigenvalue weighted by atomic mass is 10.2. The molecule has 1 aromatic carbocycles. The van der Waals surface area contributed by atoms with Crippen molar-refractivity contribution in [2.24, 2.45) is 0 Å². The fourth-order valence-corrected chi connectivity index (χ4v) is 1.38. The van der Waals surface area contributed by atoms with E-state index in [9.17, 15) is 0 Å². The maximum Gasteiger partial charge on any atom is 0.119 e. The summed E-state index contributed by atoms with van der Waals surface area (Å²) in [5.41, 5.74) is 0.956. The molecule has 2 nitrogen and oxygen atoms in total. The lowest BCUT2D eigenvalue weighted by Crippen LogP contribution is -1.99. The molecule has 3 heteroatoms. The minimum absolute atomic E-state index is 0.359. The van der Waals surface area contributed by atoms with Gasteiger partial charge in [-0.25, -0.2) is 0 Å². The summed E-state index contributed by atoms with van der Waals surface area (Å²) in [4.78, 5) is 0. The van der Waals surface area contributed by atoms with Crippen molar-refractivity contribution < 1.29 is 9.47 Å². The number of methoxy groups -OCH3 is 1. The molecular weight excluding hydrogens is 236 g/mol. The van der Waals surface area contributed by atoms with Crippen molar-refractivity contribution in [3.05, 3.63) is 29.8 Å². The van der Waals surface area contributed by atoms with E-state index in [-0.39, 0.29) is 0 Å². The summed E-state index contributed by atoms with van der Waals surface area (Å²) in [6.45, 7) is 1.51. The minimum atomic E-state index is 0.359. The number of unbranched alkanes of at least 4 members (excludes halogenated alkanes) is 1. The normalized spacial score (nSPS) is 9.53. The van der Waals surface area contributed by atoms with Crippen molar-refractivity contribution >= 4 is 11.6 Å². The van der Waals surface area contributed by atoms with E-state index >= 15 is 0 Å². The number of benzene rings is 1. The van der Waals surface area contributed by atoms with Gasteiger partial charge in [0.1, 0.15) is 5.75 Å². The van der Waals surface area contributed by atoms with Crippen LogP contribution in [0.25, 0.3) is 0 Å². The van der Waals surface area contributed by atoms with E-state index in [0.717, 1.165) is 37.4 Å². The summed E-state index contributed by atoms with van der Waals surface area (Å²) in [5, 5.41) is 0. The van der Waals surface area contributed by atoms with Crippen LogP contribution in [-0.4, -0.2) is 26.2 Å². The van der Waals surface area contributed by atoms with Crippen LogP contribution < -0.4 is 4.74 Å². The molecule has 0 aliphatic rings. The summed E-state index contributed by atoms with van der Waals surface area (Å²) >= 11 is 5.48. The zero-order valence-electron chi connectivity index (χ0n) is 10.0. The molecule has 0 aliphatic heterocycles. The Labute approximate surface area is 108 Å². The van der Waals surface area contributed by atoms with E-state index in [1.165, 1.54) is 0 Å². The minimum Gasteiger partial charge on any atom is -0.494 e. The maximum absolute atomic E-state index is 5.58. The highest BCUT2D eigenvalue weighted by atomic mass is 35.5. The Morgan fingerprint density at radius 1 is 1.12 bits per heavy atom. The second kappa shape index (κ2) is 8.92. The lowest BCUT2D eigenvalue weighted by molar-refractivity contribution is 0.184. The van der Waals surface area contributed by atoms with E-state index in [0.29, 0.717) is 5.88 Å². The monoisotopic (exact) mass is 252 g/mol. The Kier molecular flexibility index (Phi) is 7.29. The van der Waals surface area contributed by atoms with E-state index in [4.69, 9.17) is 21.1 Å². The summed E-state index contributed by atoms with van der Waals surface area (Å²) in [6.07, 6.45) is 2.03. The number of ether oxygens (including phenoxy) is 2. The molecule has 0 bridgehead atoms. The topological polar surface area (TPSA) is 18.5 Å². The number of hydrogen-bond acceptors (Lipinski definition) is 2. The zero-order valence-corrected chi connectivity index (χ0v) is 10.8. The average molecular weight is 253 g/mol. The largest absolute Gasteiger partial charge is 0.494 e.